The second-order valence-electron chi connectivity index (χ2n) is 4.03. The summed E-state index contributed by atoms with van der Waals surface area (Å²) in [7, 11) is -3.89. The van der Waals surface area contributed by atoms with Gasteiger partial charge in [0.2, 0.25) is 15.9 Å². The molecule has 1 aromatic carbocycles. The average Bonchev–Trinajstić information content (AvgIpc) is 2.82. The highest BCUT2D eigenvalue weighted by Gasteiger charge is 2.19. The molecular formula is C10H11N5O5S. The highest BCUT2D eigenvalue weighted by molar-refractivity contribution is 7.89. The first kappa shape index (κ1) is 14.9. The van der Waals surface area contributed by atoms with Crippen LogP contribution in [0.4, 0.5) is 11.4 Å². The molecule has 0 aliphatic rings. The van der Waals surface area contributed by atoms with Crippen molar-refractivity contribution >= 4 is 21.4 Å². The normalized spacial score (nSPS) is 11.5. The molecule has 0 atom stereocenters. The van der Waals surface area contributed by atoms with E-state index in [0.717, 1.165) is 18.2 Å². The van der Waals surface area contributed by atoms with Crippen molar-refractivity contribution < 1.29 is 17.9 Å². The largest absolute Gasteiger partial charge is 0.393 e. The van der Waals surface area contributed by atoms with E-state index in [9.17, 15) is 18.5 Å². The monoisotopic (exact) mass is 313 g/mol. The number of aryl methyl sites for hydroxylation is 1. The van der Waals surface area contributed by atoms with Crippen LogP contribution in [0.3, 0.4) is 0 Å². The highest BCUT2D eigenvalue weighted by Crippen LogP contribution is 2.24. The predicted molar refractivity (Wildman–Crippen MR) is 70.6 cm³/mol. The molecule has 0 fully saturated rings. The molecule has 2 aromatic rings. The van der Waals surface area contributed by atoms with Gasteiger partial charge in [0.1, 0.15) is 5.69 Å². The minimum Gasteiger partial charge on any atom is -0.393 e. The number of nitro groups is 1. The molecule has 0 radical (unpaired) electrons. The SMILES string of the molecule is Cc1nc(CNS(=O)(=O)c2ccc([N+](=O)[O-])c(N)c2)no1. The molecule has 2 rings (SSSR count). The van der Waals surface area contributed by atoms with Gasteiger partial charge in [0.05, 0.1) is 16.4 Å². The van der Waals surface area contributed by atoms with Gasteiger partial charge in [-0.25, -0.2) is 13.1 Å². The second kappa shape index (κ2) is 5.46. The summed E-state index contributed by atoms with van der Waals surface area (Å²) in [5.74, 6) is 0.481. The summed E-state index contributed by atoms with van der Waals surface area (Å²) in [6.45, 7) is 1.40. The number of hydrogen-bond acceptors (Lipinski definition) is 8. The molecule has 0 aliphatic heterocycles. The van der Waals surface area contributed by atoms with Gasteiger partial charge in [-0.2, -0.15) is 4.98 Å². The molecule has 0 spiro atoms. The lowest BCUT2D eigenvalue weighted by molar-refractivity contribution is -0.383. The van der Waals surface area contributed by atoms with E-state index in [2.05, 4.69) is 14.9 Å². The standard InChI is InChI=1S/C10H11N5O5S/c1-6-13-10(14-20-6)5-12-21(18,19)7-2-3-9(15(16)17)8(11)4-7/h2-4,12H,5,11H2,1H3. The molecule has 0 saturated carbocycles. The number of nitrogens with one attached hydrogen (secondary N) is 1. The van der Waals surface area contributed by atoms with Gasteiger partial charge < -0.3 is 10.3 Å². The van der Waals surface area contributed by atoms with Crippen LogP contribution in [0, 0.1) is 17.0 Å². The molecule has 0 unspecified atom stereocenters. The Hall–Kier alpha value is -2.53. The number of sulfonamides is 1. The third-order valence-corrected chi connectivity index (χ3v) is 3.89. The van der Waals surface area contributed by atoms with Crippen LogP contribution in [-0.2, 0) is 16.6 Å². The third-order valence-electron chi connectivity index (χ3n) is 2.50. The summed E-state index contributed by atoms with van der Waals surface area (Å²) >= 11 is 0. The number of aromatic nitrogens is 2. The molecule has 112 valence electrons. The van der Waals surface area contributed by atoms with Crippen LogP contribution in [0.5, 0.6) is 0 Å². The topological polar surface area (TPSA) is 154 Å². The van der Waals surface area contributed by atoms with E-state index >= 15 is 0 Å². The Morgan fingerprint density at radius 3 is 2.71 bits per heavy atom. The lowest BCUT2D eigenvalue weighted by Gasteiger charge is -2.05. The summed E-state index contributed by atoms with van der Waals surface area (Å²) in [4.78, 5) is 13.6. The maximum Gasteiger partial charge on any atom is 0.292 e. The Kier molecular flexibility index (Phi) is 3.86. The van der Waals surface area contributed by atoms with Crippen LogP contribution < -0.4 is 10.5 Å². The number of benzene rings is 1. The van der Waals surface area contributed by atoms with Crippen molar-refractivity contribution in [3.8, 4) is 0 Å². The van der Waals surface area contributed by atoms with E-state index in [1.54, 1.807) is 6.92 Å². The van der Waals surface area contributed by atoms with Gasteiger partial charge in [-0.3, -0.25) is 10.1 Å². The Labute approximate surface area is 119 Å². The lowest BCUT2D eigenvalue weighted by Crippen LogP contribution is -2.24. The van der Waals surface area contributed by atoms with Gasteiger partial charge in [0.25, 0.3) is 5.69 Å². The number of nitrogens with two attached hydrogens (primary N) is 1. The van der Waals surface area contributed by atoms with Gasteiger partial charge in [0.15, 0.2) is 5.82 Å². The maximum atomic E-state index is 12.0. The fraction of sp³-hybridized carbons (Fsp3) is 0.200. The molecule has 1 heterocycles. The molecule has 21 heavy (non-hydrogen) atoms. The summed E-state index contributed by atoms with van der Waals surface area (Å²) in [6.07, 6.45) is 0. The number of anilines is 1. The average molecular weight is 313 g/mol. The van der Waals surface area contributed by atoms with Gasteiger partial charge in [-0.15, -0.1) is 0 Å². The van der Waals surface area contributed by atoms with E-state index < -0.39 is 14.9 Å². The van der Waals surface area contributed by atoms with Gasteiger partial charge in [-0.05, 0) is 12.1 Å². The molecule has 3 N–H and O–H groups in total. The zero-order valence-corrected chi connectivity index (χ0v) is 11.6. The van der Waals surface area contributed by atoms with Crippen LogP contribution in [0.2, 0.25) is 0 Å². The zero-order chi connectivity index (χ0) is 15.6. The molecule has 1 aromatic heterocycles. The quantitative estimate of drug-likeness (QED) is 0.455. The number of nitro benzene ring substituents is 1. The van der Waals surface area contributed by atoms with E-state index in [0.29, 0.717) is 5.89 Å². The Bertz CT molecular complexity index is 785. The first-order valence-corrected chi connectivity index (χ1v) is 7.10. The van der Waals surface area contributed by atoms with Crippen molar-refractivity contribution in [1.29, 1.82) is 0 Å². The minimum absolute atomic E-state index is 0.170. The Morgan fingerprint density at radius 1 is 1.48 bits per heavy atom. The molecule has 0 aliphatic carbocycles. The molecular weight excluding hydrogens is 302 g/mol. The predicted octanol–water partition coefficient (Wildman–Crippen LogP) is 0.347. The van der Waals surface area contributed by atoms with E-state index in [-0.39, 0.29) is 28.6 Å². The number of rotatable bonds is 5. The number of hydrogen-bond donors (Lipinski definition) is 2. The van der Waals surface area contributed by atoms with Crippen LogP contribution in [0.1, 0.15) is 11.7 Å². The maximum absolute atomic E-state index is 12.0. The van der Waals surface area contributed by atoms with Crippen molar-refractivity contribution in [2.24, 2.45) is 0 Å². The molecule has 0 saturated heterocycles. The second-order valence-corrected chi connectivity index (χ2v) is 5.80. The molecule has 0 bridgehead atoms. The van der Waals surface area contributed by atoms with E-state index in [1.807, 2.05) is 0 Å². The van der Waals surface area contributed by atoms with Crippen LogP contribution in [0.25, 0.3) is 0 Å². The summed E-state index contributed by atoms with van der Waals surface area (Å²) in [5.41, 5.74) is 4.86. The van der Waals surface area contributed by atoms with Crippen molar-refractivity contribution in [2.75, 3.05) is 5.73 Å². The van der Waals surface area contributed by atoms with Crippen molar-refractivity contribution in [3.63, 3.8) is 0 Å². The Balaban J connectivity index is 2.19. The van der Waals surface area contributed by atoms with Crippen molar-refractivity contribution in [2.45, 2.75) is 18.4 Å². The smallest absolute Gasteiger partial charge is 0.292 e. The number of nitrogens with zero attached hydrogens (tertiary/aromatic N) is 3. The fourth-order valence-electron chi connectivity index (χ4n) is 1.52. The lowest BCUT2D eigenvalue weighted by atomic mass is 10.3. The van der Waals surface area contributed by atoms with Gasteiger partial charge in [-0.1, -0.05) is 5.16 Å². The van der Waals surface area contributed by atoms with Crippen LogP contribution in [-0.4, -0.2) is 23.5 Å². The zero-order valence-electron chi connectivity index (χ0n) is 10.8. The van der Waals surface area contributed by atoms with Crippen LogP contribution >= 0.6 is 0 Å². The van der Waals surface area contributed by atoms with E-state index in [4.69, 9.17) is 10.3 Å². The summed E-state index contributed by atoms with van der Waals surface area (Å²) in [5, 5.41) is 14.2. The molecule has 0 amide bonds. The number of nitrogen functional groups attached to an aromatic ring is 1. The summed E-state index contributed by atoms with van der Waals surface area (Å²) < 4.78 is 31.0. The first-order chi connectivity index (χ1) is 9.79. The van der Waals surface area contributed by atoms with Crippen molar-refractivity contribution in [3.05, 3.63) is 40.0 Å². The van der Waals surface area contributed by atoms with Crippen molar-refractivity contribution in [1.82, 2.24) is 14.9 Å². The highest BCUT2D eigenvalue weighted by atomic mass is 32.2. The third kappa shape index (κ3) is 3.32. The summed E-state index contributed by atoms with van der Waals surface area (Å²) in [6, 6.07) is 3.14. The van der Waals surface area contributed by atoms with E-state index in [1.165, 1.54) is 0 Å². The van der Waals surface area contributed by atoms with Crippen LogP contribution in [0.15, 0.2) is 27.6 Å². The molecule has 10 nitrogen and oxygen atoms in total. The first-order valence-electron chi connectivity index (χ1n) is 5.62. The Morgan fingerprint density at radius 2 is 2.19 bits per heavy atom. The minimum atomic E-state index is -3.89. The molecule has 11 heteroatoms. The van der Waals surface area contributed by atoms with Gasteiger partial charge >= 0.3 is 0 Å². The van der Waals surface area contributed by atoms with Gasteiger partial charge in [0, 0.05) is 13.0 Å². The fourth-order valence-corrected chi connectivity index (χ4v) is 2.54.